The van der Waals surface area contributed by atoms with Crippen LogP contribution < -0.4 is 10.5 Å². The first-order chi connectivity index (χ1) is 14.2. The van der Waals surface area contributed by atoms with Gasteiger partial charge in [0.05, 0.1) is 23.9 Å². The van der Waals surface area contributed by atoms with Gasteiger partial charge in [-0.3, -0.25) is 0 Å². The molecule has 0 saturated heterocycles. The lowest BCUT2D eigenvalue weighted by molar-refractivity contribution is 0.0151. The number of nitrogens with two attached hydrogens (primary N) is 1. The standard InChI is InChI=1S/C24H32N2O3S/c1-23(2)19-13-14-24(23,20(27)15-19)16-30(28,29)26-22(18-11-7-4-8-12-18)21(25)17-9-5-3-6-10-17/h3-12,19-22,26-27H,13-16,25H2,1-2H3/t19?,20-,21-,22-,24-/m1/s1. The molecule has 162 valence electrons. The minimum absolute atomic E-state index is 0.0739. The molecule has 5 atom stereocenters. The van der Waals surface area contributed by atoms with Crippen LogP contribution >= 0.6 is 0 Å². The van der Waals surface area contributed by atoms with E-state index < -0.39 is 33.6 Å². The number of aliphatic hydroxyl groups excluding tert-OH is 1. The molecule has 5 nitrogen and oxygen atoms in total. The van der Waals surface area contributed by atoms with E-state index in [-0.39, 0.29) is 11.2 Å². The molecule has 1 unspecified atom stereocenters. The maximum atomic E-state index is 13.4. The molecule has 4 rings (SSSR count). The zero-order chi connectivity index (χ0) is 21.6. The predicted octanol–water partition coefficient (Wildman–Crippen LogP) is 3.53. The first-order valence-electron chi connectivity index (χ1n) is 10.7. The number of aliphatic hydroxyl groups is 1. The van der Waals surface area contributed by atoms with E-state index in [1.54, 1.807) is 0 Å². The molecule has 6 heteroatoms. The van der Waals surface area contributed by atoms with Gasteiger partial charge in [0.15, 0.2) is 0 Å². The van der Waals surface area contributed by atoms with Crippen LogP contribution in [-0.4, -0.2) is 25.4 Å². The number of nitrogens with one attached hydrogen (secondary N) is 1. The van der Waals surface area contributed by atoms with Crippen LogP contribution in [0.25, 0.3) is 0 Å². The fraction of sp³-hybridized carbons (Fsp3) is 0.500. The highest BCUT2D eigenvalue weighted by Crippen LogP contribution is 2.66. The molecule has 2 bridgehead atoms. The highest BCUT2D eigenvalue weighted by molar-refractivity contribution is 7.89. The third-order valence-corrected chi connectivity index (χ3v) is 9.35. The van der Waals surface area contributed by atoms with E-state index >= 15 is 0 Å². The van der Waals surface area contributed by atoms with Crippen molar-refractivity contribution in [3.63, 3.8) is 0 Å². The van der Waals surface area contributed by atoms with Gasteiger partial charge in [0.1, 0.15) is 0 Å². The van der Waals surface area contributed by atoms with Crippen LogP contribution in [0.5, 0.6) is 0 Å². The minimum Gasteiger partial charge on any atom is -0.392 e. The summed E-state index contributed by atoms with van der Waals surface area (Å²) < 4.78 is 29.8. The Hall–Kier alpha value is -1.73. The molecular weight excluding hydrogens is 396 g/mol. The van der Waals surface area contributed by atoms with E-state index in [4.69, 9.17) is 5.73 Å². The van der Waals surface area contributed by atoms with Crippen LogP contribution in [0.4, 0.5) is 0 Å². The molecule has 2 saturated carbocycles. The van der Waals surface area contributed by atoms with E-state index in [1.807, 2.05) is 60.7 Å². The van der Waals surface area contributed by atoms with Gasteiger partial charge < -0.3 is 10.8 Å². The molecule has 2 aliphatic carbocycles. The van der Waals surface area contributed by atoms with Crippen molar-refractivity contribution in [1.82, 2.24) is 4.72 Å². The van der Waals surface area contributed by atoms with Crippen LogP contribution in [-0.2, 0) is 10.0 Å². The third kappa shape index (κ3) is 3.60. The Balaban J connectivity index is 1.64. The number of benzene rings is 2. The van der Waals surface area contributed by atoms with Crippen LogP contribution in [0, 0.1) is 16.7 Å². The Kier molecular flexibility index (Phi) is 5.56. The van der Waals surface area contributed by atoms with Crippen molar-refractivity contribution in [2.45, 2.75) is 51.3 Å². The highest BCUT2D eigenvalue weighted by Gasteiger charge is 2.65. The normalized spacial score (nSPS) is 29.6. The summed E-state index contributed by atoms with van der Waals surface area (Å²) in [4.78, 5) is 0. The molecule has 0 aliphatic heterocycles. The molecule has 0 amide bonds. The topological polar surface area (TPSA) is 92.4 Å². The number of rotatable bonds is 7. The monoisotopic (exact) mass is 428 g/mol. The lowest BCUT2D eigenvalue weighted by Gasteiger charge is -2.40. The predicted molar refractivity (Wildman–Crippen MR) is 119 cm³/mol. The first-order valence-corrected chi connectivity index (χ1v) is 12.3. The first kappa shape index (κ1) is 21.5. The second kappa shape index (κ2) is 7.75. The molecule has 2 aromatic carbocycles. The molecule has 2 aromatic rings. The van der Waals surface area contributed by atoms with E-state index in [9.17, 15) is 13.5 Å². The Morgan fingerprint density at radius 2 is 1.63 bits per heavy atom. The van der Waals surface area contributed by atoms with Gasteiger partial charge in [0.25, 0.3) is 0 Å². The summed E-state index contributed by atoms with van der Waals surface area (Å²) in [6.07, 6.45) is 1.83. The van der Waals surface area contributed by atoms with Crippen LogP contribution in [0.3, 0.4) is 0 Å². The van der Waals surface area contributed by atoms with Gasteiger partial charge >= 0.3 is 0 Å². The summed E-state index contributed by atoms with van der Waals surface area (Å²) in [5, 5.41) is 10.8. The third-order valence-electron chi connectivity index (χ3n) is 7.84. The number of hydrogen-bond acceptors (Lipinski definition) is 4. The van der Waals surface area contributed by atoms with E-state index in [2.05, 4.69) is 18.6 Å². The van der Waals surface area contributed by atoms with Crippen LogP contribution in [0.1, 0.15) is 56.3 Å². The van der Waals surface area contributed by atoms with Crippen molar-refractivity contribution < 1.29 is 13.5 Å². The average molecular weight is 429 g/mol. The van der Waals surface area contributed by atoms with E-state index in [0.717, 1.165) is 24.0 Å². The van der Waals surface area contributed by atoms with Crippen molar-refractivity contribution in [1.29, 1.82) is 0 Å². The summed E-state index contributed by atoms with van der Waals surface area (Å²) in [5.74, 6) is 0.300. The molecule has 30 heavy (non-hydrogen) atoms. The van der Waals surface area contributed by atoms with Gasteiger partial charge in [-0.25, -0.2) is 13.1 Å². The van der Waals surface area contributed by atoms with E-state index in [0.29, 0.717) is 12.3 Å². The SMILES string of the molecule is CC1(C)C2CC[C@@]1(CS(=O)(=O)N[C@H](c1ccccc1)[C@H](N)c1ccccc1)[C@H](O)C2. The van der Waals surface area contributed by atoms with Gasteiger partial charge in [-0.05, 0) is 41.7 Å². The van der Waals surface area contributed by atoms with E-state index in [1.165, 1.54) is 0 Å². The smallest absolute Gasteiger partial charge is 0.212 e. The summed E-state index contributed by atoms with van der Waals surface area (Å²) in [5.41, 5.74) is 7.45. The van der Waals surface area contributed by atoms with Crippen molar-refractivity contribution in [3.05, 3.63) is 71.8 Å². The maximum Gasteiger partial charge on any atom is 0.212 e. The lowest BCUT2D eigenvalue weighted by Crippen LogP contribution is -2.48. The van der Waals surface area contributed by atoms with Gasteiger partial charge in [0, 0.05) is 5.41 Å². The number of sulfonamides is 1. The van der Waals surface area contributed by atoms with Gasteiger partial charge in [-0.15, -0.1) is 0 Å². The van der Waals surface area contributed by atoms with Crippen molar-refractivity contribution in [3.8, 4) is 0 Å². The van der Waals surface area contributed by atoms with Gasteiger partial charge in [-0.1, -0.05) is 74.5 Å². The van der Waals surface area contributed by atoms with Crippen molar-refractivity contribution >= 4 is 10.0 Å². The molecule has 4 N–H and O–H groups in total. The molecule has 0 heterocycles. The Bertz CT molecular complexity index is 978. The van der Waals surface area contributed by atoms with Crippen LogP contribution in [0.15, 0.2) is 60.7 Å². The van der Waals surface area contributed by atoms with Crippen molar-refractivity contribution in [2.75, 3.05) is 5.75 Å². The fourth-order valence-electron chi connectivity index (χ4n) is 5.83. The van der Waals surface area contributed by atoms with Gasteiger partial charge in [0.2, 0.25) is 10.0 Å². The zero-order valence-electron chi connectivity index (χ0n) is 17.7. The van der Waals surface area contributed by atoms with Crippen molar-refractivity contribution in [2.24, 2.45) is 22.5 Å². The Morgan fingerprint density at radius 3 is 2.13 bits per heavy atom. The maximum absolute atomic E-state index is 13.4. The number of fused-ring (bicyclic) bond motifs is 2. The molecule has 0 radical (unpaired) electrons. The summed E-state index contributed by atoms with van der Waals surface area (Å²) in [6.45, 7) is 4.22. The largest absolute Gasteiger partial charge is 0.392 e. The summed E-state index contributed by atoms with van der Waals surface area (Å²) in [7, 11) is -3.70. The Morgan fingerprint density at radius 1 is 1.07 bits per heavy atom. The molecule has 0 aromatic heterocycles. The minimum atomic E-state index is -3.70. The second-order valence-corrected chi connectivity index (χ2v) is 11.3. The Labute approximate surface area is 179 Å². The van der Waals surface area contributed by atoms with Gasteiger partial charge in [-0.2, -0.15) is 0 Å². The second-order valence-electron chi connectivity index (χ2n) is 9.57. The number of hydrogen-bond donors (Lipinski definition) is 3. The summed E-state index contributed by atoms with van der Waals surface area (Å²) in [6, 6.07) is 17.9. The average Bonchev–Trinajstić information content (AvgIpc) is 3.07. The lowest BCUT2D eigenvalue weighted by atomic mass is 9.70. The molecule has 0 spiro atoms. The summed E-state index contributed by atoms with van der Waals surface area (Å²) >= 11 is 0. The van der Waals surface area contributed by atoms with Crippen LogP contribution in [0.2, 0.25) is 0 Å². The molecule has 2 fully saturated rings. The molecule has 2 aliphatic rings. The fourth-order valence-corrected chi connectivity index (χ4v) is 7.97. The quantitative estimate of drug-likeness (QED) is 0.629. The zero-order valence-corrected chi connectivity index (χ0v) is 18.5. The highest BCUT2D eigenvalue weighted by atomic mass is 32.2. The molecular formula is C24H32N2O3S.